The fourth-order valence-electron chi connectivity index (χ4n) is 3.87. The quantitative estimate of drug-likeness (QED) is 0.0958. The number of nitrogens with two attached hydrogens (primary N) is 1. The summed E-state index contributed by atoms with van der Waals surface area (Å²) < 4.78 is 5.29. The number of anilines is 1. The van der Waals surface area contributed by atoms with Crippen LogP contribution in [0.1, 0.15) is 46.3 Å². The third-order valence-corrected chi connectivity index (χ3v) is 9.14. The third-order valence-electron chi connectivity index (χ3n) is 5.77. The molecule has 10 nitrogen and oxygen atoms in total. The number of rotatable bonds is 14. The number of H-pyrrole nitrogens is 2. The number of aromatic nitrogens is 4. The molecule has 4 aromatic heterocycles. The second-order valence-corrected chi connectivity index (χ2v) is 12.4. The highest BCUT2D eigenvalue weighted by molar-refractivity contribution is 8.76. The van der Waals surface area contributed by atoms with Crippen molar-refractivity contribution in [1.29, 1.82) is 0 Å². The van der Waals surface area contributed by atoms with Gasteiger partial charge in [0.1, 0.15) is 17.3 Å². The zero-order valence-corrected chi connectivity index (χ0v) is 23.8. The van der Waals surface area contributed by atoms with E-state index >= 15 is 0 Å². The molecule has 0 aliphatic rings. The lowest BCUT2D eigenvalue weighted by molar-refractivity contribution is -0.143. The Bertz CT molecular complexity index is 1450. The minimum Gasteiger partial charge on any atom is -0.465 e. The van der Waals surface area contributed by atoms with Crippen LogP contribution in [0.3, 0.4) is 0 Å². The minimum absolute atomic E-state index is 0.0845. The average molecular weight is 587 g/mol. The second-order valence-electron chi connectivity index (χ2n) is 8.82. The van der Waals surface area contributed by atoms with Crippen molar-refractivity contribution >= 4 is 61.8 Å². The number of pyridine rings is 1. The molecule has 4 rings (SSSR count). The first-order valence-electron chi connectivity index (χ1n) is 12.5. The molecule has 0 aromatic carbocycles. The highest BCUT2D eigenvalue weighted by atomic mass is 33.1. The number of esters is 1. The number of nitrogen functional groups attached to an aromatic ring is 1. The Labute approximate surface area is 237 Å². The lowest BCUT2D eigenvalue weighted by atomic mass is 10.1. The van der Waals surface area contributed by atoms with Crippen LogP contribution in [0.2, 0.25) is 0 Å². The molecule has 4 heterocycles. The van der Waals surface area contributed by atoms with E-state index in [1.807, 2.05) is 37.3 Å². The summed E-state index contributed by atoms with van der Waals surface area (Å²) in [5.41, 5.74) is 6.72. The summed E-state index contributed by atoms with van der Waals surface area (Å²) in [6, 6.07) is 9.35. The lowest BCUT2D eigenvalue weighted by Crippen LogP contribution is -2.32. The molecule has 0 fully saturated rings. The van der Waals surface area contributed by atoms with E-state index in [0.29, 0.717) is 41.1 Å². The Morgan fingerprint density at radius 1 is 1.23 bits per heavy atom. The SMILES string of the molecule is C[C@H](CCC(=O)OCCSSc1ccccn1)NC(=O)c1ccc(CCCc2c[nH]c3nc(N)[nH]c(=O)c23)s1. The van der Waals surface area contributed by atoms with Crippen molar-refractivity contribution in [3.8, 4) is 0 Å². The Balaban J connectivity index is 1.12. The van der Waals surface area contributed by atoms with Crippen LogP contribution < -0.4 is 16.6 Å². The van der Waals surface area contributed by atoms with Gasteiger partial charge >= 0.3 is 5.97 Å². The van der Waals surface area contributed by atoms with E-state index in [2.05, 4.69) is 25.3 Å². The predicted octanol–water partition coefficient (Wildman–Crippen LogP) is 4.35. The topological polar surface area (TPSA) is 156 Å². The molecule has 0 spiro atoms. The van der Waals surface area contributed by atoms with Gasteiger partial charge in [0.2, 0.25) is 5.95 Å². The van der Waals surface area contributed by atoms with E-state index in [1.54, 1.807) is 34.0 Å². The summed E-state index contributed by atoms with van der Waals surface area (Å²) in [5, 5.41) is 4.41. The molecular weight excluding hydrogens is 557 g/mol. The van der Waals surface area contributed by atoms with Crippen molar-refractivity contribution in [2.45, 2.75) is 50.1 Å². The maximum atomic E-state index is 12.7. The number of ether oxygens (including phenoxy) is 1. The molecule has 1 amide bonds. The van der Waals surface area contributed by atoms with E-state index in [-0.39, 0.29) is 35.8 Å². The molecule has 5 N–H and O–H groups in total. The number of amides is 1. The average Bonchev–Trinajstić information content (AvgIpc) is 3.55. The molecule has 0 unspecified atom stereocenters. The molecular formula is C26H30N6O4S3. The summed E-state index contributed by atoms with van der Waals surface area (Å²) >= 11 is 1.45. The number of fused-ring (bicyclic) bond motifs is 1. The fourth-order valence-corrected chi connectivity index (χ4v) is 6.53. The highest BCUT2D eigenvalue weighted by Crippen LogP contribution is 2.28. The molecule has 206 valence electrons. The van der Waals surface area contributed by atoms with Crippen molar-refractivity contribution < 1.29 is 14.3 Å². The van der Waals surface area contributed by atoms with Gasteiger partial charge in [0.25, 0.3) is 11.5 Å². The number of carbonyl (C=O) groups excluding carboxylic acids is 2. The van der Waals surface area contributed by atoms with Gasteiger partial charge in [0.15, 0.2) is 0 Å². The van der Waals surface area contributed by atoms with Gasteiger partial charge in [-0.1, -0.05) is 16.9 Å². The number of aryl methyl sites for hydroxylation is 2. The van der Waals surface area contributed by atoms with E-state index in [4.69, 9.17) is 10.5 Å². The van der Waals surface area contributed by atoms with E-state index in [9.17, 15) is 14.4 Å². The number of nitrogens with one attached hydrogen (secondary N) is 3. The summed E-state index contributed by atoms with van der Waals surface area (Å²) in [6.07, 6.45) is 6.58. The van der Waals surface area contributed by atoms with Gasteiger partial charge in [0.05, 0.1) is 10.3 Å². The first kappa shape index (κ1) is 28.7. The monoisotopic (exact) mass is 586 g/mol. The molecule has 0 saturated carbocycles. The Morgan fingerprint density at radius 2 is 2.10 bits per heavy atom. The highest BCUT2D eigenvalue weighted by Gasteiger charge is 2.15. The van der Waals surface area contributed by atoms with E-state index in [0.717, 1.165) is 28.3 Å². The van der Waals surface area contributed by atoms with Crippen LogP contribution in [0.15, 0.2) is 52.5 Å². The number of thiophene rings is 1. The number of aromatic amines is 2. The maximum Gasteiger partial charge on any atom is 0.305 e. The predicted molar refractivity (Wildman–Crippen MR) is 157 cm³/mol. The van der Waals surface area contributed by atoms with Gasteiger partial charge in [-0.3, -0.25) is 19.4 Å². The van der Waals surface area contributed by atoms with Crippen molar-refractivity contribution in [3.05, 3.63) is 68.4 Å². The van der Waals surface area contributed by atoms with Crippen LogP contribution in [0.4, 0.5) is 5.95 Å². The zero-order chi connectivity index (χ0) is 27.6. The van der Waals surface area contributed by atoms with Crippen LogP contribution in [0, 0.1) is 0 Å². The van der Waals surface area contributed by atoms with Gasteiger partial charge in [0, 0.05) is 35.5 Å². The Morgan fingerprint density at radius 3 is 2.92 bits per heavy atom. The Kier molecular flexibility index (Phi) is 10.5. The number of hydrogen-bond donors (Lipinski definition) is 4. The van der Waals surface area contributed by atoms with Crippen LogP contribution >= 0.6 is 32.9 Å². The van der Waals surface area contributed by atoms with Crippen molar-refractivity contribution in [3.63, 3.8) is 0 Å². The zero-order valence-electron chi connectivity index (χ0n) is 21.4. The van der Waals surface area contributed by atoms with Crippen LogP contribution in [0.25, 0.3) is 11.0 Å². The van der Waals surface area contributed by atoms with Gasteiger partial charge in [-0.25, -0.2) is 4.98 Å². The number of nitrogens with zero attached hydrogens (tertiary/aromatic N) is 2. The minimum atomic E-state index is -0.269. The smallest absolute Gasteiger partial charge is 0.305 e. The molecule has 0 aliphatic heterocycles. The molecule has 13 heteroatoms. The standard InChI is InChI=1S/C26H30N6O4S3/c1-16(8-11-21(33)36-13-14-37-39-20-7-2-3-12-28-20)30-24(34)19-10-9-18(38-19)6-4-5-17-15-29-23-22(17)25(35)32-26(27)31-23/h2-3,7,9-10,12,15-16H,4-6,8,11,13-14H2,1H3,(H,30,34)(H4,27,29,31,32,35)/t16-/m1/s1. The number of hydrogen-bond acceptors (Lipinski definition) is 10. The molecule has 0 radical (unpaired) electrons. The normalized spacial score (nSPS) is 11.9. The van der Waals surface area contributed by atoms with Gasteiger partial charge in [-0.15, -0.1) is 11.3 Å². The molecule has 0 aliphatic carbocycles. The van der Waals surface area contributed by atoms with Gasteiger partial charge in [-0.05, 0) is 73.2 Å². The fraction of sp³-hybridized carbons (Fsp3) is 0.346. The van der Waals surface area contributed by atoms with Crippen molar-refractivity contribution in [2.24, 2.45) is 0 Å². The van der Waals surface area contributed by atoms with E-state index < -0.39 is 0 Å². The van der Waals surface area contributed by atoms with E-state index in [1.165, 1.54) is 11.3 Å². The first-order chi connectivity index (χ1) is 18.9. The second kappa shape index (κ2) is 14.2. The maximum absolute atomic E-state index is 12.7. The van der Waals surface area contributed by atoms with Crippen LogP contribution in [-0.4, -0.2) is 50.2 Å². The largest absolute Gasteiger partial charge is 0.465 e. The first-order valence-corrected chi connectivity index (χ1v) is 15.6. The van der Waals surface area contributed by atoms with Gasteiger partial charge < -0.3 is 20.8 Å². The van der Waals surface area contributed by atoms with Crippen molar-refractivity contribution in [2.75, 3.05) is 18.1 Å². The molecule has 1 atom stereocenters. The third kappa shape index (κ3) is 8.60. The molecule has 0 saturated heterocycles. The van der Waals surface area contributed by atoms with Gasteiger partial charge in [-0.2, -0.15) is 4.98 Å². The molecule has 39 heavy (non-hydrogen) atoms. The van der Waals surface area contributed by atoms with Crippen molar-refractivity contribution in [1.82, 2.24) is 25.3 Å². The van der Waals surface area contributed by atoms with Crippen LogP contribution in [-0.2, 0) is 22.4 Å². The number of carbonyl (C=O) groups is 2. The Hall–Kier alpha value is -3.29. The summed E-state index contributed by atoms with van der Waals surface area (Å²) in [5.74, 6) is 0.337. The molecule has 0 bridgehead atoms. The van der Waals surface area contributed by atoms with Crippen LogP contribution in [0.5, 0.6) is 0 Å². The summed E-state index contributed by atoms with van der Waals surface area (Å²) in [4.78, 5) is 52.5. The lowest BCUT2D eigenvalue weighted by Gasteiger charge is -2.12. The summed E-state index contributed by atoms with van der Waals surface area (Å²) in [7, 11) is 3.13. The summed E-state index contributed by atoms with van der Waals surface area (Å²) in [6.45, 7) is 2.22. The molecule has 4 aromatic rings.